The molecule has 0 radical (unpaired) electrons. The number of benzene rings is 1. The number of hydrogen-bond donors (Lipinski definition) is 1. The van der Waals surface area contributed by atoms with Crippen LogP contribution in [0.1, 0.15) is 48.2 Å². The van der Waals surface area contributed by atoms with Crippen LogP contribution in [-0.4, -0.2) is 34.3 Å². The molecule has 178 valence electrons. The van der Waals surface area contributed by atoms with Crippen molar-refractivity contribution in [1.29, 1.82) is 0 Å². The van der Waals surface area contributed by atoms with Gasteiger partial charge in [0.05, 0.1) is 11.1 Å². The van der Waals surface area contributed by atoms with E-state index in [1.54, 1.807) is 39.0 Å². The van der Waals surface area contributed by atoms with Gasteiger partial charge in [0, 0.05) is 30.2 Å². The van der Waals surface area contributed by atoms with Crippen LogP contribution >= 0.6 is 0 Å². The first-order valence-electron chi connectivity index (χ1n) is 10.8. The molecule has 0 bridgehead atoms. The summed E-state index contributed by atoms with van der Waals surface area (Å²) >= 11 is 0. The van der Waals surface area contributed by atoms with Crippen molar-refractivity contribution in [3.63, 3.8) is 0 Å². The highest BCUT2D eigenvalue weighted by Crippen LogP contribution is 2.53. The first-order valence-corrected chi connectivity index (χ1v) is 10.8. The van der Waals surface area contributed by atoms with Crippen LogP contribution in [-0.2, 0) is 9.59 Å². The smallest absolute Gasteiger partial charge is 0.326 e. The Bertz CT molecular complexity index is 1230. The molecule has 0 fully saturated rings. The molecule has 2 amide bonds. The molecule has 2 heterocycles. The summed E-state index contributed by atoms with van der Waals surface area (Å²) in [5, 5.41) is 1.91. The van der Waals surface area contributed by atoms with Crippen LogP contribution in [0, 0.1) is 19.3 Å². The predicted octanol–water partition coefficient (Wildman–Crippen LogP) is 4.42. The molecule has 4 rings (SSSR count). The second kappa shape index (κ2) is 7.78. The summed E-state index contributed by atoms with van der Waals surface area (Å²) < 4.78 is 44.5. The minimum absolute atomic E-state index is 0.0293. The number of carbonyl (C=O) groups is 3. The number of halogens is 3. The number of nitrogens with one attached hydrogen (secondary N) is 1. The third kappa shape index (κ3) is 3.59. The average molecular weight is 471 g/mol. The van der Waals surface area contributed by atoms with Gasteiger partial charge in [0.1, 0.15) is 0 Å². The highest BCUT2D eigenvalue weighted by molar-refractivity contribution is 6.21. The molecular formula is C25H24F3N3O3. The summed E-state index contributed by atoms with van der Waals surface area (Å²) in [4.78, 5) is 44.6. The largest absolute Gasteiger partial charge is 0.425 e. The summed E-state index contributed by atoms with van der Waals surface area (Å²) in [6.45, 7) is 7.15. The van der Waals surface area contributed by atoms with E-state index in [0.717, 1.165) is 22.2 Å². The molecule has 1 N–H and O–H groups in total. The van der Waals surface area contributed by atoms with Gasteiger partial charge in [-0.3, -0.25) is 24.3 Å². The number of aryl methyl sites for hydroxylation is 2. The SMILES string of the molecule is Cc1ccc(N2C(=O)[C@@](NC(=O)c3cccnc3)(C(F)(F)F)C3=C2CC(C)(C)CC3=O)cc1C. The molecule has 9 heteroatoms. The summed E-state index contributed by atoms with van der Waals surface area (Å²) in [7, 11) is 0. The zero-order valence-corrected chi connectivity index (χ0v) is 19.2. The van der Waals surface area contributed by atoms with Gasteiger partial charge < -0.3 is 5.32 Å². The Morgan fingerprint density at radius 2 is 1.79 bits per heavy atom. The van der Waals surface area contributed by atoms with Crippen molar-refractivity contribution < 1.29 is 27.6 Å². The highest BCUT2D eigenvalue weighted by Gasteiger charge is 2.72. The number of ketones is 1. The number of nitrogens with zero attached hydrogens (tertiary/aromatic N) is 2. The lowest BCUT2D eigenvalue weighted by Crippen LogP contribution is -2.66. The quantitative estimate of drug-likeness (QED) is 0.719. The fourth-order valence-corrected chi connectivity index (χ4v) is 4.63. The number of amides is 2. The molecule has 0 unspecified atom stereocenters. The zero-order valence-electron chi connectivity index (χ0n) is 19.2. The van der Waals surface area contributed by atoms with E-state index in [-0.39, 0.29) is 29.8 Å². The third-order valence-electron chi connectivity index (χ3n) is 6.42. The number of pyridine rings is 1. The zero-order chi connectivity index (χ0) is 25.1. The topological polar surface area (TPSA) is 79.4 Å². The molecule has 1 aromatic heterocycles. The molecule has 2 aromatic rings. The lowest BCUT2D eigenvalue weighted by atomic mass is 9.72. The standard InChI is InChI=1S/C25H24F3N3O3/c1-14-7-8-17(10-15(14)2)31-18-11-23(3,4)12-19(32)20(18)24(22(31)34,25(26,27)28)30-21(33)16-6-5-9-29-13-16/h5-10,13H,11-12H2,1-4H3,(H,30,33)/t24-/m1/s1. The maximum Gasteiger partial charge on any atom is 0.425 e. The Morgan fingerprint density at radius 3 is 2.38 bits per heavy atom. The Hall–Kier alpha value is -3.49. The minimum Gasteiger partial charge on any atom is -0.326 e. The van der Waals surface area contributed by atoms with E-state index in [9.17, 15) is 27.6 Å². The van der Waals surface area contributed by atoms with Crippen LogP contribution in [0.4, 0.5) is 18.9 Å². The second-order valence-electron chi connectivity index (χ2n) is 9.62. The van der Waals surface area contributed by atoms with Crippen molar-refractivity contribution in [3.05, 3.63) is 70.7 Å². The van der Waals surface area contributed by atoms with Crippen LogP contribution in [0.2, 0.25) is 0 Å². The van der Waals surface area contributed by atoms with Crippen molar-refractivity contribution in [2.24, 2.45) is 5.41 Å². The minimum atomic E-state index is -5.27. The van der Waals surface area contributed by atoms with Crippen molar-refractivity contribution in [3.8, 4) is 0 Å². The molecule has 34 heavy (non-hydrogen) atoms. The molecule has 6 nitrogen and oxygen atoms in total. The van der Waals surface area contributed by atoms with Gasteiger partial charge in [0.15, 0.2) is 5.78 Å². The maximum absolute atomic E-state index is 14.8. The van der Waals surface area contributed by atoms with E-state index in [2.05, 4.69) is 4.98 Å². The van der Waals surface area contributed by atoms with Crippen LogP contribution in [0.15, 0.2) is 54.0 Å². The van der Waals surface area contributed by atoms with Gasteiger partial charge in [0.2, 0.25) is 5.54 Å². The summed E-state index contributed by atoms with van der Waals surface area (Å²) in [5.41, 5.74) is -3.17. The number of Topliss-reactive ketones (excluding diaryl/α,β-unsaturated/α-hetero) is 1. The van der Waals surface area contributed by atoms with Crippen molar-refractivity contribution in [1.82, 2.24) is 10.3 Å². The number of allylic oxidation sites excluding steroid dienone is 1. The Balaban J connectivity index is 1.96. The number of aromatic nitrogens is 1. The van der Waals surface area contributed by atoms with Gasteiger partial charge in [-0.05, 0) is 61.1 Å². The number of carbonyl (C=O) groups excluding carboxylic acids is 3. The van der Waals surface area contributed by atoms with Gasteiger partial charge in [-0.1, -0.05) is 19.9 Å². The molecule has 1 atom stereocenters. The van der Waals surface area contributed by atoms with E-state index >= 15 is 0 Å². The maximum atomic E-state index is 14.8. The van der Waals surface area contributed by atoms with Crippen LogP contribution in [0.3, 0.4) is 0 Å². The van der Waals surface area contributed by atoms with Gasteiger partial charge in [-0.25, -0.2) is 0 Å². The van der Waals surface area contributed by atoms with Gasteiger partial charge in [-0.15, -0.1) is 0 Å². The van der Waals surface area contributed by atoms with Gasteiger partial charge >= 0.3 is 6.18 Å². The number of hydrogen-bond acceptors (Lipinski definition) is 4. The summed E-state index contributed by atoms with van der Waals surface area (Å²) in [6, 6.07) is 7.54. The fourth-order valence-electron chi connectivity index (χ4n) is 4.63. The van der Waals surface area contributed by atoms with Crippen LogP contribution in [0.25, 0.3) is 0 Å². The highest BCUT2D eigenvalue weighted by atomic mass is 19.4. The fraction of sp³-hybridized carbons (Fsp3) is 0.360. The molecule has 1 aliphatic heterocycles. The number of anilines is 1. The van der Waals surface area contributed by atoms with Crippen molar-refractivity contribution in [2.75, 3.05) is 4.90 Å². The van der Waals surface area contributed by atoms with Gasteiger partial charge in [0.25, 0.3) is 11.8 Å². The second-order valence-corrected chi connectivity index (χ2v) is 9.62. The van der Waals surface area contributed by atoms with E-state index in [0.29, 0.717) is 0 Å². The molecule has 0 saturated carbocycles. The van der Waals surface area contributed by atoms with E-state index < -0.39 is 40.3 Å². The Labute approximate surface area is 194 Å². The van der Waals surface area contributed by atoms with Crippen molar-refractivity contribution >= 4 is 23.3 Å². The summed E-state index contributed by atoms with van der Waals surface area (Å²) in [5.74, 6) is -3.38. The first-order chi connectivity index (χ1) is 15.8. The lowest BCUT2D eigenvalue weighted by molar-refractivity contribution is -0.186. The summed E-state index contributed by atoms with van der Waals surface area (Å²) in [6.07, 6.45) is -2.92. The van der Waals surface area contributed by atoms with E-state index in [4.69, 9.17) is 0 Å². The molecule has 0 spiro atoms. The first kappa shape index (κ1) is 23.7. The Morgan fingerprint density at radius 1 is 1.09 bits per heavy atom. The lowest BCUT2D eigenvalue weighted by Gasteiger charge is -2.35. The third-order valence-corrected chi connectivity index (χ3v) is 6.42. The number of rotatable bonds is 3. The van der Waals surface area contributed by atoms with E-state index in [1.165, 1.54) is 18.3 Å². The van der Waals surface area contributed by atoms with Crippen LogP contribution < -0.4 is 10.2 Å². The molecule has 0 saturated heterocycles. The van der Waals surface area contributed by atoms with Crippen molar-refractivity contribution in [2.45, 2.75) is 52.3 Å². The van der Waals surface area contributed by atoms with E-state index in [1.807, 2.05) is 12.2 Å². The molecular weight excluding hydrogens is 447 g/mol. The molecule has 2 aliphatic rings. The Kier molecular flexibility index (Phi) is 5.42. The predicted molar refractivity (Wildman–Crippen MR) is 119 cm³/mol. The number of alkyl halides is 3. The molecule has 1 aliphatic carbocycles. The molecule has 1 aromatic carbocycles. The average Bonchev–Trinajstić information content (AvgIpc) is 2.98. The van der Waals surface area contributed by atoms with Crippen LogP contribution in [0.5, 0.6) is 0 Å². The van der Waals surface area contributed by atoms with Gasteiger partial charge in [-0.2, -0.15) is 13.2 Å². The normalized spacial score (nSPS) is 22.1. The monoisotopic (exact) mass is 471 g/mol.